The summed E-state index contributed by atoms with van der Waals surface area (Å²) in [6.07, 6.45) is 2.99. The summed E-state index contributed by atoms with van der Waals surface area (Å²) < 4.78 is 27.8. The van der Waals surface area contributed by atoms with E-state index in [1.54, 1.807) is 6.20 Å². The molecule has 0 aromatic carbocycles. The highest BCUT2D eigenvalue weighted by Crippen LogP contribution is 2.40. The van der Waals surface area contributed by atoms with Crippen molar-refractivity contribution in [1.29, 1.82) is 0 Å². The van der Waals surface area contributed by atoms with E-state index in [9.17, 15) is 23.5 Å². The minimum atomic E-state index is -3.06. The van der Waals surface area contributed by atoms with Gasteiger partial charge in [-0.2, -0.15) is 0 Å². The molecule has 1 aliphatic carbocycles. The molecule has 1 saturated carbocycles. The Morgan fingerprint density at radius 1 is 1.31 bits per heavy atom. The fourth-order valence-corrected chi connectivity index (χ4v) is 3.69. The molecule has 0 spiro atoms. The zero-order valence-electron chi connectivity index (χ0n) is 17.2. The van der Waals surface area contributed by atoms with Crippen LogP contribution in [-0.4, -0.2) is 68.0 Å². The molecular formula is C19H29F2N5O3. The summed E-state index contributed by atoms with van der Waals surface area (Å²) in [5.41, 5.74) is 0.296. The number of likely N-dealkylation sites (tertiary alicyclic amines) is 1. The fraction of sp³-hybridized carbons (Fsp3) is 0.789. The molecule has 162 valence electrons. The van der Waals surface area contributed by atoms with Crippen molar-refractivity contribution >= 4 is 11.8 Å². The van der Waals surface area contributed by atoms with Crippen LogP contribution >= 0.6 is 0 Å². The Morgan fingerprint density at radius 3 is 2.52 bits per heavy atom. The number of carbonyl (C=O) groups is 2. The zero-order chi connectivity index (χ0) is 21.6. The molecular weight excluding hydrogens is 384 g/mol. The predicted octanol–water partition coefficient (Wildman–Crippen LogP) is 1.48. The summed E-state index contributed by atoms with van der Waals surface area (Å²) in [4.78, 5) is 27.2. The van der Waals surface area contributed by atoms with Crippen LogP contribution in [0.2, 0.25) is 0 Å². The van der Waals surface area contributed by atoms with E-state index in [0.717, 1.165) is 18.5 Å². The monoisotopic (exact) mass is 413 g/mol. The maximum absolute atomic E-state index is 13.4. The van der Waals surface area contributed by atoms with Crippen LogP contribution in [0.5, 0.6) is 0 Å². The topological polar surface area (TPSA) is 100 Å². The molecule has 2 fully saturated rings. The third-order valence-electron chi connectivity index (χ3n) is 5.28. The molecule has 10 heteroatoms. The summed E-state index contributed by atoms with van der Waals surface area (Å²) in [5, 5.41) is 20.6. The predicted molar refractivity (Wildman–Crippen MR) is 100 cm³/mol. The molecule has 1 aromatic heterocycles. The van der Waals surface area contributed by atoms with Gasteiger partial charge >= 0.3 is 0 Å². The van der Waals surface area contributed by atoms with Gasteiger partial charge in [-0.3, -0.25) is 9.59 Å². The van der Waals surface area contributed by atoms with Crippen LogP contribution in [0.4, 0.5) is 8.78 Å². The molecule has 1 saturated heterocycles. The average Bonchev–Trinajstić information content (AvgIpc) is 3.20. The fourth-order valence-electron chi connectivity index (χ4n) is 3.69. The minimum absolute atomic E-state index is 0.00834. The molecule has 2 amide bonds. The molecule has 0 radical (unpaired) electrons. The van der Waals surface area contributed by atoms with Gasteiger partial charge in [0.1, 0.15) is 12.1 Å². The first-order chi connectivity index (χ1) is 13.4. The van der Waals surface area contributed by atoms with E-state index in [4.69, 9.17) is 0 Å². The number of hydrogen-bond acceptors (Lipinski definition) is 5. The Morgan fingerprint density at radius 2 is 1.97 bits per heavy atom. The molecule has 2 aliphatic rings. The zero-order valence-corrected chi connectivity index (χ0v) is 17.2. The van der Waals surface area contributed by atoms with Gasteiger partial charge in [0.15, 0.2) is 0 Å². The number of aliphatic hydroxyl groups is 1. The number of β-amino-alcohol motifs (C(OH)–C–C–N with tert-alkyl or cyclic N) is 1. The van der Waals surface area contributed by atoms with Crippen LogP contribution in [0.3, 0.4) is 0 Å². The first-order valence-electron chi connectivity index (χ1n) is 9.92. The van der Waals surface area contributed by atoms with Crippen molar-refractivity contribution in [2.24, 2.45) is 5.41 Å². The van der Waals surface area contributed by atoms with Gasteiger partial charge in [-0.15, -0.1) is 5.10 Å². The van der Waals surface area contributed by atoms with Crippen LogP contribution in [0.25, 0.3) is 0 Å². The Balaban J connectivity index is 1.81. The van der Waals surface area contributed by atoms with Crippen molar-refractivity contribution in [3.8, 4) is 0 Å². The van der Waals surface area contributed by atoms with E-state index in [1.165, 1.54) is 9.58 Å². The molecule has 29 heavy (non-hydrogen) atoms. The number of halogens is 2. The second-order valence-electron chi connectivity index (χ2n) is 9.35. The molecule has 1 aromatic rings. The van der Waals surface area contributed by atoms with E-state index in [2.05, 4.69) is 15.6 Å². The van der Waals surface area contributed by atoms with Gasteiger partial charge < -0.3 is 15.3 Å². The van der Waals surface area contributed by atoms with Crippen LogP contribution in [0.15, 0.2) is 6.20 Å². The standard InChI is InChI=1S/C19H29F2N5O3/c1-18(2,3)15(26-9-13(23-24-26)11-5-6-11)17(29)25-8-12(27)7-14(25)16(28)22-10-19(4,20)21/h9,11-12,14-15,27H,5-8,10H2,1-4H3,(H,22,28)/t12-,14+,15-/m1/s1. The lowest BCUT2D eigenvalue weighted by Gasteiger charge is -2.34. The van der Waals surface area contributed by atoms with E-state index >= 15 is 0 Å². The Kier molecular flexibility index (Phi) is 5.68. The normalized spacial score (nSPS) is 23.9. The number of nitrogens with zero attached hydrogens (tertiary/aromatic N) is 4. The molecule has 0 bridgehead atoms. The Bertz CT molecular complexity index is 767. The number of aromatic nitrogens is 3. The maximum atomic E-state index is 13.4. The first kappa shape index (κ1) is 21.6. The first-order valence-corrected chi connectivity index (χ1v) is 9.92. The number of alkyl halides is 2. The van der Waals surface area contributed by atoms with Gasteiger partial charge in [0.05, 0.1) is 18.3 Å². The lowest BCUT2D eigenvalue weighted by molar-refractivity contribution is -0.144. The smallest absolute Gasteiger partial charge is 0.262 e. The van der Waals surface area contributed by atoms with Crippen molar-refractivity contribution in [2.45, 2.75) is 77.0 Å². The van der Waals surface area contributed by atoms with Crippen LogP contribution in [0.1, 0.15) is 64.6 Å². The highest BCUT2D eigenvalue weighted by atomic mass is 19.3. The second kappa shape index (κ2) is 7.62. The van der Waals surface area contributed by atoms with Crippen molar-refractivity contribution in [3.05, 3.63) is 11.9 Å². The number of rotatable bonds is 6. The van der Waals surface area contributed by atoms with Gasteiger partial charge in [0.2, 0.25) is 11.8 Å². The molecule has 2 heterocycles. The lowest BCUT2D eigenvalue weighted by atomic mass is 9.85. The third-order valence-corrected chi connectivity index (χ3v) is 5.28. The van der Waals surface area contributed by atoms with Gasteiger partial charge in [-0.1, -0.05) is 26.0 Å². The van der Waals surface area contributed by atoms with Crippen LogP contribution in [0, 0.1) is 5.41 Å². The molecule has 8 nitrogen and oxygen atoms in total. The third kappa shape index (κ3) is 5.09. The van der Waals surface area contributed by atoms with Gasteiger partial charge in [0.25, 0.3) is 5.92 Å². The van der Waals surface area contributed by atoms with Crippen molar-refractivity contribution in [1.82, 2.24) is 25.2 Å². The van der Waals surface area contributed by atoms with E-state index in [0.29, 0.717) is 12.8 Å². The van der Waals surface area contributed by atoms with Gasteiger partial charge in [-0.05, 0) is 18.3 Å². The van der Waals surface area contributed by atoms with Crippen molar-refractivity contribution < 1.29 is 23.5 Å². The SMILES string of the molecule is CC(F)(F)CNC(=O)[C@@H]1C[C@@H](O)CN1C(=O)[C@@H](n1cc(C2CC2)nn1)C(C)(C)C. The average molecular weight is 413 g/mol. The molecule has 0 unspecified atom stereocenters. The van der Waals surface area contributed by atoms with Crippen LogP contribution in [-0.2, 0) is 9.59 Å². The van der Waals surface area contributed by atoms with E-state index in [-0.39, 0.29) is 18.9 Å². The van der Waals surface area contributed by atoms with Crippen molar-refractivity contribution in [3.63, 3.8) is 0 Å². The lowest BCUT2D eigenvalue weighted by Crippen LogP contribution is -2.51. The Labute approximate surface area is 168 Å². The molecule has 2 N–H and O–H groups in total. The summed E-state index contributed by atoms with van der Waals surface area (Å²) in [7, 11) is 0. The highest BCUT2D eigenvalue weighted by molar-refractivity contribution is 5.90. The number of hydrogen-bond donors (Lipinski definition) is 2. The minimum Gasteiger partial charge on any atom is -0.391 e. The van der Waals surface area contributed by atoms with E-state index < -0.39 is 42.0 Å². The molecule has 3 atom stereocenters. The second-order valence-corrected chi connectivity index (χ2v) is 9.35. The summed E-state index contributed by atoms with van der Waals surface area (Å²) in [5.74, 6) is -3.76. The van der Waals surface area contributed by atoms with Crippen molar-refractivity contribution in [2.75, 3.05) is 13.1 Å². The number of aliphatic hydroxyl groups excluding tert-OH is 1. The van der Waals surface area contributed by atoms with E-state index in [1.807, 2.05) is 20.8 Å². The summed E-state index contributed by atoms with van der Waals surface area (Å²) >= 11 is 0. The van der Waals surface area contributed by atoms with Gasteiger partial charge in [0, 0.05) is 32.0 Å². The summed E-state index contributed by atoms with van der Waals surface area (Å²) in [6.45, 7) is 5.50. The number of amides is 2. The maximum Gasteiger partial charge on any atom is 0.262 e. The van der Waals surface area contributed by atoms with Gasteiger partial charge in [-0.25, -0.2) is 13.5 Å². The van der Waals surface area contributed by atoms with Crippen LogP contribution < -0.4 is 5.32 Å². The number of carbonyl (C=O) groups excluding carboxylic acids is 2. The quantitative estimate of drug-likeness (QED) is 0.736. The largest absolute Gasteiger partial charge is 0.391 e. The molecule has 3 rings (SSSR count). The number of nitrogens with one attached hydrogen (secondary N) is 1. The molecule has 1 aliphatic heterocycles. The Hall–Kier alpha value is -2.10. The highest BCUT2D eigenvalue weighted by Gasteiger charge is 2.45. The summed E-state index contributed by atoms with van der Waals surface area (Å²) in [6, 6.07) is -1.74.